The fraction of sp³-hybridized carbons (Fsp3) is 0.333. The molecule has 0 atom stereocenters. The van der Waals surface area contributed by atoms with Crippen LogP contribution in [0.4, 0.5) is 0 Å². The van der Waals surface area contributed by atoms with Crippen molar-refractivity contribution < 1.29 is 4.79 Å². The molecule has 0 saturated carbocycles. The van der Waals surface area contributed by atoms with Crippen molar-refractivity contribution in [2.24, 2.45) is 5.73 Å². The van der Waals surface area contributed by atoms with E-state index in [-0.39, 0.29) is 5.91 Å². The summed E-state index contributed by atoms with van der Waals surface area (Å²) in [7, 11) is 0. The summed E-state index contributed by atoms with van der Waals surface area (Å²) >= 11 is 0. The summed E-state index contributed by atoms with van der Waals surface area (Å²) in [6, 6.07) is 10.2. The third-order valence-corrected chi connectivity index (χ3v) is 4.94. The molecule has 0 unspecified atom stereocenters. The third-order valence-electron chi connectivity index (χ3n) is 4.94. The second-order valence-corrected chi connectivity index (χ2v) is 7.50. The van der Waals surface area contributed by atoms with Gasteiger partial charge in [0.1, 0.15) is 0 Å². The van der Waals surface area contributed by atoms with E-state index in [9.17, 15) is 4.79 Å². The average molecular weight is 335 g/mol. The monoisotopic (exact) mass is 335 g/mol. The zero-order valence-electron chi connectivity index (χ0n) is 15.5. The first-order chi connectivity index (χ1) is 11.7. The van der Waals surface area contributed by atoms with E-state index in [0.717, 1.165) is 33.4 Å². The van der Waals surface area contributed by atoms with Crippen LogP contribution < -0.4 is 5.73 Å². The van der Waals surface area contributed by atoms with Gasteiger partial charge in [0.25, 0.3) is 0 Å². The lowest BCUT2D eigenvalue weighted by molar-refractivity contribution is -0.122. The van der Waals surface area contributed by atoms with Gasteiger partial charge in [0.05, 0.1) is 11.1 Å². The molecule has 0 fully saturated rings. The van der Waals surface area contributed by atoms with Crippen molar-refractivity contribution in [2.75, 3.05) is 0 Å². The van der Waals surface area contributed by atoms with Crippen LogP contribution in [0.1, 0.15) is 50.4 Å². The lowest BCUT2D eigenvalue weighted by atomic mass is 9.83. The van der Waals surface area contributed by atoms with E-state index in [2.05, 4.69) is 35.9 Å². The van der Waals surface area contributed by atoms with Crippen LogP contribution in [0, 0.1) is 6.92 Å². The summed E-state index contributed by atoms with van der Waals surface area (Å²) in [4.78, 5) is 19.7. The van der Waals surface area contributed by atoms with Gasteiger partial charge < -0.3 is 10.7 Å². The molecule has 3 N–H and O–H groups in total. The molecular weight excluding hydrogens is 310 g/mol. The molecule has 25 heavy (non-hydrogen) atoms. The number of carbonyl (C=O) groups excluding carboxylic acids is 1. The Kier molecular flexibility index (Phi) is 4.15. The maximum absolute atomic E-state index is 11.8. The number of rotatable bonds is 4. The van der Waals surface area contributed by atoms with Crippen molar-refractivity contribution in [2.45, 2.75) is 46.0 Å². The quantitative estimate of drug-likeness (QED) is 0.740. The Morgan fingerprint density at radius 3 is 2.52 bits per heavy atom. The molecule has 0 radical (unpaired) electrons. The number of nitrogens with two attached hydrogens (primary N) is 1. The minimum absolute atomic E-state index is 0.321. The van der Waals surface area contributed by atoms with Crippen LogP contribution in [0.15, 0.2) is 36.5 Å². The van der Waals surface area contributed by atoms with Crippen molar-refractivity contribution in [3.8, 4) is 11.3 Å². The van der Waals surface area contributed by atoms with Gasteiger partial charge in [-0.25, -0.2) is 0 Å². The fourth-order valence-corrected chi connectivity index (χ4v) is 3.27. The number of aryl methyl sites for hydroxylation is 1. The molecule has 0 spiro atoms. The lowest BCUT2D eigenvalue weighted by Crippen LogP contribution is -2.35. The van der Waals surface area contributed by atoms with Crippen molar-refractivity contribution in [3.05, 3.63) is 53.3 Å². The SMILES string of the molecule is Cc1cc(-c2[nH]c3ccc(C(C)(C)C(N)=O)cc3c2C(C)C)ccn1. The number of H-pyrrole nitrogens is 1. The zero-order valence-corrected chi connectivity index (χ0v) is 15.5. The first-order valence-corrected chi connectivity index (χ1v) is 8.61. The summed E-state index contributed by atoms with van der Waals surface area (Å²) in [5.41, 5.74) is 11.4. The number of hydrogen-bond donors (Lipinski definition) is 2. The molecule has 0 aliphatic carbocycles. The topological polar surface area (TPSA) is 71.8 Å². The van der Waals surface area contributed by atoms with Crippen LogP contribution in [0.5, 0.6) is 0 Å². The fourth-order valence-electron chi connectivity index (χ4n) is 3.27. The van der Waals surface area contributed by atoms with E-state index in [0.29, 0.717) is 5.92 Å². The summed E-state index contributed by atoms with van der Waals surface area (Å²) in [5.74, 6) is 0.0163. The molecule has 2 heterocycles. The molecular formula is C21H25N3O. The predicted octanol–water partition coefficient (Wildman–Crippen LogP) is 4.42. The van der Waals surface area contributed by atoms with Crippen molar-refractivity contribution in [3.63, 3.8) is 0 Å². The first kappa shape index (κ1) is 17.2. The minimum atomic E-state index is -0.701. The van der Waals surface area contributed by atoms with Crippen molar-refractivity contribution in [1.82, 2.24) is 9.97 Å². The van der Waals surface area contributed by atoms with E-state index in [1.807, 2.05) is 45.2 Å². The highest BCUT2D eigenvalue weighted by molar-refractivity contribution is 5.94. The van der Waals surface area contributed by atoms with E-state index >= 15 is 0 Å². The van der Waals surface area contributed by atoms with Gasteiger partial charge in [-0.15, -0.1) is 0 Å². The number of nitrogens with one attached hydrogen (secondary N) is 1. The molecule has 130 valence electrons. The average Bonchev–Trinajstić information content (AvgIpc) is 2.93. The molecule has 3 rings (SSSR count). The van der Waals surface area contributed by atoms with Gasteiger partial charge >= 0.3 is 0 Å². The Bertz CT molecular complexity index is 951. The normalized spacial score (nSPS) is 12.1. The van der Waals surface area contributed by atoms with Crippen LogP contribution in [-0.4, -0.2) is 15.9 Å². The van der Waals surface area contributed by atoms with Crippen molar-refractivity contribution >= 4 is 16.8 Å². The van der Waals surface area contributed by atoms with Crippen LogP contribution in [0.25, 0.3) is 22.2 Å². The number of nitrogens with zero attached hydrogens (tertiary/aromatic N) is 1. The van der Waals surface area contributed by atoms with Gasteiger partial charge in [-0.2, -0.15) is 0 Å². The molecule has 4 nitrogen and oxygen atoms in total. The van der Waals surface area contributed by atoms with Crippen molar-refractivity contribution in [1.29, 1.82) is 0 Å². The van der Waals surface area contributed by atoms with Crippen LogP contribution in [-0.2, 0) is 10.2 Å². The Morgan fingerprint density at radius 2 is 1.92 bits per heavy atom. The molecule has 4 heteroatoms. The Morgan fingerprint density at radius 1 is 1.20 bits per heavy atom. The smallest absolute Gasteiger partial charge is 0.227 e. The second kappa shape index (κ2) is 6.03. The number of aromatic amines is 1. The molecule has 0 bridgehead atoms. The molecule has 0 saturated heterocycles. The second-order valence-electron chi connectivity index (χ2n) is 7.50. The number of fused-ring (bicyclic) bond motifs is 1. The largest absolute Gasteiger partial charge is 0.369 e. The van der Waals surface area contributed by atoms with Gasteiger partial charge in [-0.1, -0.05) is 19.9 Å². The molecule has 1 amide bonds. The minimum Gasteiger partial charge on any atom is -0.369 e. The molecule has 2 aromatic heterocycles. The highest BCUT2D eigenvalue weighted by Gasteiger charge is 2.28. The molecule has 0 aliphatic rings. The molecule has 0 aliphatic heterocycles. The number of benzene rings is 1. The standard InChI is InChI=1S/C21H25N3O/c1-12(2)18-16-11-15(21(4,5)20(22)25)6-7-17(16)24-19(18)14-8-9-23-13(3)10-14/h6-12,24H,1-5H3,(H2,22,25). The number of aromatic nitrogens is 2. The highest BCUT2D eigenvalue weighted by atomic mass is 16.1. The van der Waals surface area contributed by atoms with E-state index in [1.165, 1.54) is 5.56 Å². The number of hydrogen-bond acceptors (Lipinski definition) is 2. The number of pyridine rings is 1. The van der Waals surface area contributed by atoms with Gasteiger partial charge in [0.15, 0.2) is 0 Å². The number of carbonyl (C=O) groups is 1. The summed E-state index contributed by atoms with van der Waals surface area (Å²) in [5, 5.41) is 1.14. The molecule has 3 aromatic rings. The van der Waals surface area contributed by atoms with Crippen LogP contribution in [0.3, 0.4) is 0 Å². The third kappa shape index (κ3) is 2.93. The van der Waals surface area contributed by atoms with E-state index in [1.54, 1.807) is 0 Å². The first-order valence-electron chi connectivity index (χ1n) is 8.61. The number of amides is 1. The Balaban J connectivity index is 2.27. The van der Waals surface area contributed by atoms with Crippen LogP contribution in [0.2, 0.25) is 0 Å². The van der Waals surface area contributed by atoms with Gasteiger partial charge in [0.2, 0.25) is 5.91 Å². The summed E-state index contributed by atoms with van der Waals surface area (Å²) < 4.78 is 0. The summed E-state index contributed by atoms with van der Waals surface area (Å²) in [6.07, 6.45) is 1.84. The van der Waals surface area contributed by atoms with Gasteiger partial charge in [-0.05, 0) is 62.1 Å². The summed E-state index contributed by atoms with van der Waals surface area (Å²) in [6.45, 7) is 10.1. The zero-order chi connectivity index (χ0) is 18.4. The van der Waals surface area contributed by atoms with E-state index in [4.69, 9.17) is 5.73 Å². The Labute approximate surface area is 148 Å². The van der Waals surface area contributed by atoms with E-state index < -0.39 is 5.41 Å². The maximum atomic E-state index is 11.8. The Hall–Kier alpha value is -2.62. The maximum Gasteiger partial charge on any atom is 0.227 e. The lowest BCUT2D eigenvalue weighted by Gasteiger charge is -2.21. The van der Waals surface area contributed by atoms with Crippen LogP contribution >= 0.6 is 0 Å². The van der Waals surface area contributed by atoms with Gasteiger partial charge in [0, 0.05) is 28.4 Å². The number of primary amides is 1. The highest BCUT2D eigenvalue weighted by Crippen LogP contribution is 2.37. The van der Waals surface area contributed by atoms with Gasteiger partial charge in [-0.3, -0.25) is 9.78 Å². The predicted molar refractivity (Wildman–Crippen MR) is 103 cm³/mol. The molecule has 1 aromatic carbocycles.